The standard InChI is InChI=1S/C8H15NO3/c1-4(2)6-5(10)3-9-7(6)8(11)12/h4-7,9-10H,3H2,1-2H3,(H,11,12)/t5-,6+,7-/m0/s1. The number of rotatable bonds is 2. The molecule has 4 heteroatoms. The molecule has 1 heterocycles. The zero-order valence-electron chi connectivity index (χ0n) is 7.32. The van der Waals surface area contributed by atoms with E-state index in [4.69, 9.17) is 5.11 Å². The van der Waals surface area contributed by atoms with Crippen LogP contribution in [0.1, 0.15) is 13.8 Å². The van der Waals surface area contributed by atoms with E-state index in [1.165, 1.54) is 0 Å². The number of β-amino-alcohol motifs (C(OH)–C–C–N with tert-alkyl or cyclic N) is 1. The number of aliphatic hydroxyl groups is 1. The van der Waals surface area contributed by atoms with Crippen molar-refractivity contribution in [3.05, 3.63) is 0 Å². The van der Waals surface area contributed by atoms with Crippen molar-refractivity contribution >= 4 is 5.97 Å². The Balaban J connectivity index is 2.70. The summed E-state index contributed by atoms with van der Waals surface area (Å²) in [5, 5.41) is 21.0. The Hall–Kier alpha value is -0.610. The van der Waals surface area contributed by atoms with Crippen LogP contribution in [0.4, 0.5) is 0 Å². The van der Waals surface area contributed by atoms with Crippen LogP contribution in [0.25, 0.3) is 0 Å². The van der Waals surface area contributed by atoms with Crippen molar-refractivity contribution in [2.45, 2.75) is 26.0 Å². The van der Waals surface area contributed by atoms with Crippen LogP contribution in [0.5, 0.6) is 0 Å². The predicted molar refractivity (Wildman–Crippen MR) is 43.8 cm³/mol. The van der Waals surface area contributed by atoms with Crippen LogP contribution in [0.15, 0.2) is 0 Å². The zero-order valence-corrected chi connectivity index (χ0v) is 7.32. The van der Waals surface area contributed by atoms with E-state index in [0.717, 1.165) is 0 Å². The molecule has 0 saturated carbocycles. The lowest BCUT2D eigenvalue weighted by molar-refractivity contribution is -0.141. The maximum atomic E-state index is 10.7. The molecule has 1 fully saturated rings. The molecule has 0 aromatic heterocycles. The fourth-order valence-electron chi connectivity index (χ4n) is 1.82. The molecule has 0 aromatic rings. The second-order valence-electron chi connectivity index (χ2n) is 3.61. The normalized spacial score (nSPS) is 35.8. The number of carboxylic acids is 1. The Labute approximate surface area is 71.6 Å². The van der Waals surface area contributed by atoms with Gasteiger partial charge in [0.05, 0.1) is 6.10 Å². The summed E-state index contributed by atoms with van der Waals surface area (Å²) in [4.78, 5) is 10.7. The summed E-state index contributed by atoms with van der Waals surface area (Å²) in [6.07, 6.45) is -0.522. The molecule has 0 aliphatic carbocycles. The topological polar surface area (TPSA) is 69.6 Å². The molecule has 3 atom stereocenters. The monoisotopic (exact) mass is 173 g/mol. The van der Waals surface area contributed by atoms with Crippen LogP contribution in [-0.4, -0.2) is 34.9 Å². The number of carbonyl (C=O) groups is 1. The number of nitrogens with one attached hydrogen (secondary N) is 1. The van der Waals surface area contributed by atoms with Gasteiger partial charge < -0.3 is 15.5 Å². The fraction of sp³-hybridized carbons (Fsp3) is 0.875. The molecule has 1 aliphatic rings. The van der Waals surface area contributed by atoms with Gasteiger partial charge in [0.25, 0.3) is 0 Å². The number of aliphatic carboxylic acids is 1. The second kappa shape index (κ2) is 3.41. The Bertz CT molecular complexity index is 181. The van der Waals surface area contributed by atoms with Gasteiger partial charge in [-0.2, -0.15) is 0 Å². The van der Waals surface area contributed by atoms with Crippen LogP contribution in [-0.2, 0) is 4.79 Å². The molecule has 1 rings (SSSR count). The van der Waals surface area contributed by atoms with Gasteiger partial charge in [0.2, 0.25) is 0 Å². The third kappa shape index (κ3) is 1.59. The van der Waals surface area contributed by atoms with E-state index < -0.39 is 18.1 Å². The quantitative estimate of drug-likeness (QED) is 0.535. The number of hydrogen-bond donors (Lipinski definition) is 3. The first kappa shape index (κ1) is 9.48. The molecule has 0 unspecified atom stereocenters. The minimum Gasteiger partial charge on any atom is -0.480 e. The molecule has 0 bridgehead atoms. The number of carboxylic acid groups (broad SMARTS) is 1. The van der Waals surface area contributed by atoms with E-state index in [0.29, 0.717) is 6.54 Å². The van der Waals surface area contributed by atoms with Crippen molar-refractivity contribution in [2.75, 3.05) is 6.54 Å². The van der Waals surface area contributed by atoms with Crippen molar-refractivity contribution in [2.24, 2.45) is 11.8 Å². The zero-order chi connectivity index (χ0) is 9.30. The van der Waals surface area contributed by atoms with Crippen molar-refractivity contribution in [3.63, 3.8) is 0 Å². The molecule has 70 valence electrons. The van der Waals surface area contributed by atoms with Gasteiger partial charge in [0, 0.05) is 12.5 Å². The molecule has 0 amide bonds. The molecule has 12 heavy (non-hydrogen) atoms. The number of hydrogen-bond acceptors (Lipinski definition) is 3. The average molecular weight is 173 g/mol. The maximum absolute atomic E-state index is 10.7. The van der Waals surface area contributed by atoms with Gasteiger partial charge in [-0.15, -0.1) is 0 Å². The first-order valence-corrected chi connectivity index (χ1v) is 4.18. The van der Waals surface area contributed by atoms with Crippen LogP contribution in [0.2, 0.25) is 0 Å². The van der Waals surface area contributed by atoms with Crippen molar-refractivity contribution in [3.8, 4) is 0 Å². The summed E-state index contributed by atoms with van der Waals surface area (Å²) < 4.78 is 0. The smallest absolute Gasteiger partial charge is 0.321 e. The summed E-state index contributed by atoms with van der Waals surface area (Å²) in [6.45, 7) is 4.24. The van der Waals surface area contributed by atoms with Gasteiger partial charge in [-0.1, -0.05) is 13.8 Å². The molecular weight excluding hydrogens is 158 g/mol. The highest BCUT2D eigenvalue weighted by Crippen LogP contribution is 2.24. The van der Waals surface area contributed by atoms with E-state index in [1.54, 1.807) is 0 Å². The summed E-state index contributed by atoms with van der Waals surface area (Å²) >= 11 is 0. The van der Waals surface area contributed by atoms with E-state index in [9.17, 15) is 9.90 Å². The summed E-state index contributed by atoms with van der Waals surface area (Å²) in [6, 6.07) is -0.583. The Morgan fingerprint density at radius 1 is 1.58 bits per heavy atom. The predicted octanol–water partition coefficient (Wildman–Crippen LogP) is -0.324. The fourth-order valence-corrected chi connectivity index (χ4v) is 1.82. The van der Waals surface area contributed by atoms with Gasteiger partial charge in [0.1, 0.15) is 6.04 Å². The Morgan fingerprint density at radius 2 is 2.17 bits per heavy atom. The Kier molecular flexibility index (Phi) is 2.69. The lowest BCUT2D eigenvalue weighted by Gasteiger charge is -2.21. The van der Waals surface area contributed by atoms with Gasteiger partial charge in [-0.25, -0.2) is 0 Å². The molecule has 0 spiro atoms. The lowest BCUT2D eigenvalue weighted by Crippen LogP contribution is -2.38. The van der Waals surface area contributed by atoms with Gasteiger partial charge in [-0.05, 0) is 5.92 Å². The second-order valence-corrected chi connectivity index (χ2v) is 3.61. The van der Waals surface area contributed by atoms with Crippen molar-refractivity contribution < 1.29 is 15.0 Å². The molecule has 4 nitrogen and oxygen atoms in total. The van der Waals surface area contributed by atoms with E-state index in [-0.39, 0.29) is 11.8 Å². The van der Waals surface area contributed by atoms with Gasteiger partial charge in [-0.3, -0.25) is 4.79 Å². The van der Waals surface area contributed by atoms with Crippen LogP contribution >= 0.6 is 0 Å². The number of aliphatic hydroxyl groups excluding tert-OH is 1. The third-order valence-corrected chi connectivity index (χ3v) is 2.41. The molecule has 0 aromatic carbocycles. The maximum Gasteiger partial charge on any atom is 0.321 e. The molecule has 1 saturated heterocycles. The van der Waals surface area contributed by atoms with Crippen LogP contribution in [0, 0.1) is 11.8 Å². The van der Waals surface area contributed by atoms with Gasteiger partial charge in [0.15, 0.2) is 0 Å². The Morgan fingerprint density at radius 3 is 2.50 bits per heavy atom. The van der Waals surface area contributed by atoms with Crippen molar-refractivity contribution in [1.29, 1.82) is 0 Å². The minimum absolute atomic E-state index is 0.164. The van der Waals surface area contributed by atoms with E-state index in [2.05, 4.69) is 5.32 Å². The minimum atomic E-state index is -0.870. The highest BCUT2D eigenvalue weighted by molar-refractivity contribution is 5.74. The molecular formula is C8H15NO3. The molecule has 1 aliphatic heterocycles. The van der Waals surface area contributed by atoms with E-state index in [1.807, 2.05) is 13.8 Å². The van der Waals surface area contributed by atoms with E-state index >= 15 is 0 Å². The highest BCUT2D eigenvalue weighted by atomic mass is 16.4. The lowest BCUT2D eigenvalue weighted by atomic mass is 9.87. The SMILES string of the molecule is CC(C)[C@H]1[C@@H](C(=O)O)NC[C@@H]1O. The summed E-state index contributed by atoms with van der Waals surface area (Å²) in [7, 11) is 0. The highest BCUT2D eigenvalue weighted by Gasteiger charge is 2.40. The average Bonchev–Trinajstić information content (AvgIpc) is 2.30. The van der Waals surface area contributed by atoms with Crippen molar-refractivity contribution in [1.82, 2.24) is 5.32 Å². The third-order valence-electron chi connectivity index (χ3n) is 2.41. The largest absolute Gasteiger partial charge is 0.480 e. The van der Waals surface area contributed by atoms with Gasteiger partial charge >= 0.3 is 5.97 Å². The summed E-state index contributed by atoms with van der Waals surface area (Å²) in [5.41, 5.74) is 0. The summed E-state index contributed by atoms with van der Waals surface area (Å²) in [5.74, 6) is -0.844. The first-order valence-electron chi connectivity index (χ1n) is 4.18. The molecule has 0 radical (unpaired) electrons. The first-order chi connectivity index (χ1) is 5.54. The van der Waals surface area contributed by atoms with Crippen LogP contribution < -0.4 is 5.32 Å². The van der Waals surface area contributed by atoms with Crippen LogP contribution in [0.3, 0.4) is 0 Å². The molecule has 3 N–H and O–H groups in total.